The Balaban J connectivity index is 1.54. The molecule has 41 heavy (non-hydrogen) atoms. The number of benzene rings is 4. The van der Waals surface area contributed by atoms with Gasteiger partial charge in [0.1, 0.15) is 6.54 Å². The van der Waals surface area contributed by atoms with Crippen LogP contribution in [0.25, 0.3) is 0 Å². The van der Waals surface area contributed by atoms with Gasteiger partial charge in [0.25, 0.3) is 21.8 Å². The fraction of sp³-hybridized carbons (Fsp3) is 0.129. The predicted molar refractivity (Wildman–Crippen MR) is 163 cm³/mol. The first-order valence-electron chi connectivity index (χ1n) is 12.7. The third-order valence-corrected chi connectivity index (χ3v) is 8.51. The normalized spacial score (nSPS) is 11.6. The Labute approximate surface area is 244 Å². The number of carbonyl (C=O) groups excluding carboxylic acids is 2. The van der Waals surface area contributed by atoms with Crippen molar-refractivity contribution < 1.29 is 18.0 Å². The summed E-state index contributed by atoms with van der Waals surface area (Å²) < 4.78 is 28.4. The minimum absolute atomic E-state index is 0.0457. The smallest absolute Gasteiger partial charge is 0.264 e. The molecule has 0 saturated heterocycles. The van der Waals surface area contributed by atoms with Crippen molar-refractivity contribution in [2.45, 2.75) is 25.7 Å². The van der Waals surface area contributed by atoms with E-state index < -0.39 is 22.5 Å². The van der Waals surface area contributed by atoms with E-state index in [0.29, 0.717) is 33.1 Å². The van der Waals surface area contributed by atoms with Crippen LogP contribution in [0, 0.1) is 13.8 Å². The molecule has 0 bridgehead atoms. The highest BCUT2D eigenvalue weighted by Crippen LogP contribution is 2.31. The van der Waals surface area contributed by atoms with Crippen molar-refractivity contribution in [1.29, 1.82) is 0 Å². The molecule has 0 aliphatic carbocycles. The molecule has 0 aromatic heterocycles. The molecule has 0 atom stereocenters. The molecule has 0 aliphatic heterocycles. The van der Waals surface area contributed by atoms with Crippen LogP contribution >= 0.6 is 11.6 Å². The van der Waals surface area contributed by atoms with Gasteiger partial charge < -0.3 is 5.32 Å². The summed E-state index contributed by atoms with van der Waals surface area (Å²) in [6.07, 6.45) is 0. The third-order valence-electron chi connectivity index (χ3n) is 6.33. The van der Waals surface area contributed by atoms with Crippen molar-refractivity contribution >= 4 is 50.5 Å². The molecule has 10 heteroatoms. The summed E-state index contributed by atoms with van der Waals surface area (Å²) in [6.45, 7) is 4.72. The first kappa shape index (κ1) is 29.5. The molecule has 2 N–H and O–H groups in total. The zero-order valence-electron chi connectivity index (χ0n) is 22.8. The van der Waals surface area contributed by atoms with Crippen LogP contribution in [0.1, 0.15) is 34.0 Å². The fourth-order valence-electron chi connectivity index (χ4n) is 3.99. The first-order chi connectivity index (χ1) is 19.6. The maximum absolute atomic E-state index is 13.7. The monoisotopic (exact) mass is 588 g/mol. The molecule has 4 rings (SSSR count). The van der Waals surface area contributed by atoms with E-state index in [1.54, 1.807) is 92.7 Å². The Hall–Kier alpha value is -4.47. The lowest BCUT2D eigenvalue weighted by molar-refractivity contribution is -0.119. The number of rotatable bonds is 9. The van der Waals surface area contributed by atoms with E-state index in [2.05, 4.69) is 15.8 Å². The maximum Gasteiger partial charge on any atom is 0.264 e. The molecule has 4 aromatic carbocycles. The number of amides is 2. The van der Waals surface area contributed by atoms with Gasteiger partial charge in [0.2, 0.25) is 0 Å². The van der Waals surface area contributed by atoms with Gasteiger partial charge in [-0.1, -0.05) is 65.7 Å². The minimum Gasteiger partial charge on any atom is -0.322 e. The topological polar surface area (TPSA) is 108 Å². The summed E-state index contributed by atoms with van der Waals surface area (Å²) >= 11 is 6.29. The van der Waals surface area contributed by atoms with Crippen molar-refractivity contribution in [3.05, 3.63) is 124 Å². The molecule has 0 radical (unpaired) electrons. The van der Waals surface area contributed by atoms with Crippen molar-refractivity contribution in [2.75, 3.05) is 16.2 Å². The van der Waals surface area contributed by atoms with E-state index in [9.17, 15) is 18.0 Å². The molecular formula is C31H29ClN4O4S. The Kier molecular flexibility index (Phi) is 9.21. The number of hydrogen-bond donors (Lipinski definition) is 2. The van der Waals surface area contributed by atoms with E-state index in [4.69, 9.17) is 11.6 Å². The van der Waals surface area contributed by atoms with E-state index in [1.165, 1.54) is 12.1 Å². The third kappa shape index (κ3) is 7.19. The first-order valence-corrected chi connectivity index (χ1v) is 14.5. The SMILES string of the molecule is C/C(=N/NC(=O)CN(c1cccc(Cl)c1C)S(=O)(=O)c1ccc(C)cc1)c1cccc(NC(=O)c2ccccc2)c1. The summed E-state index contributed by atoms with van der Waals surface area (Å²) in [5, 5.41) is 7.40. The van der Waals surface area contributed by atoms with Gasteiger partial charge in [-0.05, 0) is 80.4 Å². The molecule has 0 spiro atoms. The highest BCUT2D eigenvalue weighted by Gasteiger charge is 2.28. The zero-order chi connectivity index (χ0) is 29.6. The van der Waals surface area contributed by atoms with Crippen LogP contribution in [0.4, 0.5) is 11.4 Å². The number of nitrogens with zero attached hydrogens (tertiary/aromatic N) is 2. The Bertz CT molecular complexity index is 1710. The highest BCUT2D eigenvalue weighted by atomic mass is 35.5. The standard InChI is InChI=1S/C31H29ClN4O4S/c1-21-15-17-27(18-16-21)41(39,40)36(29-14-8-13-28(32)22(29)2)20-30(37)35-34-23(3)25-11-7-12-26(19-25)33-31(38)24-9-5-4-6-10-24/h4-19H,20H2,1-3H3,(H,33,38)(H,35,37)/b34-23-. The van der Waals surface area contributed by atoms with Gasteiger partial charge in [-0.15, -0.1) is 0 Å². The van der Waals surface area contributed by atoms with Crippen molar-refractivity contribution in [3.8, 4) is 0 Å². The van der Waals surface area contributed by atoms with Crippen molar-refractivity contribution in [2.24, 2.45) is 5.10 Å². The van der Waals surface area contributed by atoms with Gasteiger partial charge in [0.15, 0.2) is 0 Å². The van der Waals surface area contributed by atoms with Crippen molar-refractivity contribution in [1.82, 2.24) is 5.43 Å². The molecule has 0 fully saturated rings. The minimum atomic E-state index is -4.11. The Morgan fingerprint density at radius 2 is 1.51 bits per heavy atom. The van der Waals surface area contributed by atoms with Gasteiger partial charge in [0, 0.05) is 16.3 Å². The van der Waals surface area contributed by atoms with Crippen LogP contribution < -0.4 is 15.0 Å². The van der Waals surface area contributed by atoms with E-state index in [1.807, 2.05) is 13.0 Å². The predicted octanol–water partition coefficient (Wildman–Crippen LogP) is 5.94. The van der Waals surface area contributed by atoms with Gasteiger partial charge in [-0.2, -0.15) is 5.10 Å². The number of carbonyl (C=O) groups is 2. The summed E-state index contributed by atoms with van der Waals surface area (Å²) in [6, 6.07) is 27.1. The van der Waals surface area contributed by atoms with Crippen molar-refractivity contribution in [3.63, 3.8) is 0 Å². The summed E-state index contributed by atoms with van der Waals surface area (Å²) in [7, 11) is -4.11. The molecular weight excluding hydrogens is 560 g/mol. The zero-order valence-corrected chi connectivity index (χ0v) is 24.3. The molecule has 0 aliphatic rings. The lowest BCUT2D eigenvalue weighted by Crippen LogP contribution is -2.40. The number of anilines is 2. The molecule has 0 saturated carbocycles. The number of hydrogen-bond acceptors (Lipinski definition) is 5. The van der Waals surface area contributed by atoms with Gasteiger partial charge in [0.05, 0.1) is 16.3 Å². The number of aryl methyl sites for hydroxylation is 1. The molecule has 210 valence electrons. The van der Waals surface area contributed by atoms with Gasteiger partial charge >= 0.3 is 0 Å². The van der Waals surface area contributed by atoms with E-state index in [0.717, 1.165) is 9.87 Å². The molecule has 8 nitrogen and oxygen atoms in total. The van der Waals surface area contributed by atoms with Gasteiger partial charge in [-0.25, -0.2) is 13.8 Å². The molecule has 2 amide bonds. The number of sulfonamides is 1. The maximum atomic E-state index is 13.7. The van der Waals surface area contributed by atoms with Crippen LogP contribution in [0.15, 0.2) is 107 Å². The highest BCUT2D eigenvalue weighted by molar-refractivity contribution is 7.92. The van der Waals surface area contributed by atoms with Crippen LogP contribution in [-0.4, -0.2) is 32.5 Å². The Morgan fingerprint density at radius 1 is 0.854 bits per heavy atom. The second kappa shape index (κ2) is 12.8. The average Bonchev–Trinajstić information content (AvgIpc) is 2.97. The van der Waals surface area contributed by atoms with Crippen LogP contribution in [0.5, 0.6) is 0 Å². The Morgan fingerprint density at radius 3 is 2.22 bits per heavy atom. The molecule has 0 heterocycles. The van der Waals surface area contributed by atoms with Crippen LogP contribution in [-0.2, 0) is 14.8 Å². The van der Waals surface area contributed by atoms with Gasteiger partial charge in [-0.3, -0.25) is 13.9 Å². The second-order valence-electron chi connectivity index (χ2n) is 9.34. The van der Waals surface area contributed by atoms with Crippen LogP contribution in [0.3, 0.4) is 0 Å². The van der Waals surface area contributed by atoms with Crippen LogP contribution in [0.2, 0.25) is 5.02 Å². The number of hydrazone groups is 1. The second-order valence-corrected chi connectivity index (χ2v) is 11.6. The summed E-state index contributed by atoms with van der Waals surface area (Å²) in [5.41, 5.74) is 6.37. The number of nitrogens with one attached hydrogen (secondary N) is 2. The quantitative estimate of drug-likeness (QED) is 0.186. The molecule has 4 aromatic rings. The number of halogens is 1. The lowest BCUT2D eigenvalue weighted by atomic mass is 10.1. The largest absolute Gasteiger partial charge is 0.322 e. The average molecular weight is 589 g/mol. The summed E-state index contributed by atoms with van der Waals surface area (Å²) in [5.74, 6) is -0.898. The lowest BCUT2D eigenvalue weighted by Gasteiger charge is -2.25. The fourth-order valence-corrected chi connectivity index (χ4v) is 5.64. The summed E-state index contributed by atoms with van der Waals surface area (Å²) in [4.78, 5) is 25.6. The molecule has 0 unspecified atom stereocenters. The van der Waals surface area contributed by atoms with E-state index in [-0.39, 0.29) is 16.5 Å². The van der Waals surface area contributed by atoms with E-state index >= 15 is 0 Å².